The van der Waals surface area contributed by atoms with Crippen molar-refractivity contribution >= 4 is 5.91 Å². The summed E-state index contributed by atoms with van der Waals surface area (Å²) in [4.78, 5) is 21.2. The summed E-state index contributed by atoms with van der Waals surface area (Å²) in [5, 5.41) is 2.81. The minimum absolute atomic E-state index is 0.210. The number of rotatable bonds is 9. The zero-order chi connectivity index (χ0) is 22.2. The lowest BCUT2D eigenvalue weighted by Gasteiger charge is -2.15. The standard InChI is InChI=1S/C23H26N4O4/c1-4-31-17-7-5-15(6-8-17)21-13-25-14-22(27-21)23(28)26-12-20(24)16-9-18(29-2)11-19(10-16)30-3/h5-11,13-14,20H,4,12,24H2,1-3H3,(H,26,28)/t20-/m0/s1. The van der Waals surface area contributed by atoms with Crippen molar-refractivity contribution in [2.75, 3.05) is 27.4 Å². The van der Waals surface area contributed by atoms with Gasteiger partial charge in [0.15, 0.2) is 0 Å². The fraction of sp³-hybridized carbons (Fsp3) is 0.261. The summed E-state index contributed by atoms with van der Waals surface area (Å²) in [5.41, 5.74) is 8.68. The molecule has 0 aliphatic rings. The van der Waals surface area contributed by atoms with Crippen molar-refractivity contribution in [2.24, 2.45) is 5.73 Å². The monoisotopic (exact) mass is 422 g/mol. The minimum Gasteiger partial charge on any atom is -0.497 e. The van der Waals surface area contributed by atoms with Gasteiger partial charge in [0.2, 0.25) is 0 Å². The van der Waals surface area contributed by atoms with E-state index in [-0.39, 0.29) is 18.1 Å². The highest BCUT2D eigenvalue weighted by Gasteiger charge is 2.14. The molecule has 0 saturated carbocycles. The molecule has 162 valence electrons. The molecule has 1 aromatic heterocycles. The molecule has 0 bridgehead atoms. The average Bonchev–Trinajstić information content (AvgIpc) is 2.82. The number of nitrogens with two attached hydrogens (primary N) is 1. The van der Waals surface area contributed by atoms with Crippen LogP contribution in [0.2, 0.25) is 0 Å². The zero-order valence-corrected chi connectivity index (χ0v) is 17.8. The molecule has 0 spiro atoms. The molecule has 3 aromatic rings. The van der Waals surface area contributed by atoms with E-state index in [0.29, 0.717) is 23.8 Å². The van der Waals surface area contributed by atoms with Gasteiger partial charge in [-0.25, -0.2) is 4.98 Å². The molecule has 0 aliphatic carbocycles. The number of ether oxygens (including phenoxy) is 3. The molecule has 0 aliphatic heterocycles. The van der Waals surface area contributed by atoms with Crippen molar-refractivity contribution in [1.82, 2.24) is 15.3 Å². The molecule has 31 heavy (non-hydrogen) atoms. The first-order valence-electron chi connectivity index (χ1n) is 9.86. The van der Waals surface area contributed by atoms with Gasteiger partial charge in [0.25, 0.3) is 5.91 Å². The number of hydrogen-bond donors (Lipinski definition) is 2. The van der Waals surface area contributed by atoms with Crippen LogP contribution in [-0.4, -0.2) is 43.2 Å². The maximum atomic E-state index is 12.6. The lowest BCUT2D eigenvalue weighted by atomic mass is 10.1. The van der Waals surface area contributed by atoms with Crippen LogP contribution < -0.4 is 25.3 Å². The average molecular weight is 422 g/mol. The van der Waals surface area contributed by atoms with E-state index in [9.17, 15) is 4.79 Å². The third-order valence-electron chi connectivity index (χ3n) is 4.61. The van der Waals surface area contributed by atoms with Crippen LogP contribution in [-0.2, 0) is 0 Å². The second-order valence-corrected chi connectivity index (χ2v) is 6.71. The largest absolute Gasteiger partial charge is 0.497 e. The second-order valence-electron chi connectivity index (χ2n) is 6.71. The van der Waals surface area contributed by atoms with Gasteiger partial charge >= 0.3 is 0 Å². The molecule has 1 amide bonds. The van der Waals surface area contributed by atoms with E-state index >= 15 is 0 Å². The van der Waals surface area contributed by atoms with Crippen LogP contribution in [0.4, 0.5) is 0 Å². The Balaban J connectivity index is 1.68. The van der Waals surface area contributed by atoms with E-state index in [0.717, 1.165) is 16.9 Å². The zero-order valence-electron chi connectivity index (χ0n) is 17.8. The summed E-state index contributed by atoms with van der Waals surface area (Å²) < 4.78 is 16.0. The Kier molecular flexibility index (Phi) is 7.40. The number of methoxy groups -OCH3 is 2. The van der Waals surface area contributed by atoms with Crippen molar-refractivity contribution in [3.8, 4) is 28.5 Å². The topological polar surface area (TPSA) is 109 Å². The molecule has 3 N–H and O–H groups in total. The summed E-state index contributed by atoms with van der Waals surface area (Å²) in [6.07, 6.45) is 3.04. The molecule has 3 rings (SSSR count). The highest BCUT2D eigenvalue weighted by molar-refractivity contribution is 5.92. The predicted molar refractivity (Wildman–Crippen MR) is 117 cm³/mol. The molecular formula is C23H26N4O4. The number of carbonyl (C=O) groups excluding carboxylic acids is 1. The lowest BCUT2D eigenvalue weighted by Crippen LogP contribution is -2.32. The maximum absolute atomic E-state index is 12.6. The summed E-state index contributed by atoms with van der Waals surface area (Å²) in [6.45, 7) is 2.74. The Morgan fingerprint density at radius 1 is 1.03 bits per heavy atom. The van der Waals surface area contributed by atoms with Crippen molar-refractivity contribution < 1.29 is 19.0 Å². The predicted octanol–water partition coefficient (Wildman–Crippen LogP) is 2.99. The van der Waals surface area contributed by atoms with Gasteiger partial charge in [-0.15, -0.1) is 0 Å². The number of amides is 1. The smallest absolute Gasteiger partial charge is 0.271 e. The Bertz CT molecular complexity index is 1000. The minimum atomic E-state index is -0.449. The molecule has 0 fully saturated rings. The van der Waals surface area contributed by atoms with E-state index in [1.54, 1.807) is 26.5 Å². The van der Waals surface area contributed by atoms with Gasteiger partial charge in [-0.05, 0) is 48.9 Å². The van der Waals surface area contributed by atoms with Gasteiger partial charge in [0.05, 0.1) is 38.9 Å². The van der Waals surface area contributed by atoms with Gasteiger partial charge in [-0.3, -0.25) is 9.78 Å². The number of nitrogens with zero attached hydrogens (tertiary/aromatic N) is 2. The quantitative estimate of drug-likeness (QED) is 0.546. The van der Waals surface area contributed by atoms with E-state index in [4.69, 9.17) is 19.9 Å². The maximum Gasteiger partial charge on any atom is 0.271 e. The van der Waals surface area contributed by atoms with Crippen molar-refractivity contribution in [1.29, 1.82) is 0 Å². The molecule has 8 nitrogen and oxygen atoms in total. The molecule has 0 radical (unpaired) electrons. The lowest BCUT2D eigenvalue weighted by molar-refractivity contribution is 0.0946. The Morgan fingerprint density at radius 3 is 2.32 bits per heavy atom. The highest BCUT2D eigenvalue weighted by atomic mass is 16.5. The van der Waals surface area contributed by atoms with Crippen LogP contribution >= 0.6 is 0 Å². The fourth-order valence-corrected chi connectivity index (χ4v) is 2.96. The van der Waals surface area contributed by atoms with Gasteiger partial charge in [-0.1, -0.05) is 0 Å². The number of nitrogens with one attached hydrogen (secondary N) is 1. The van der Waals surface area contributed by atoms with Crippen molar-refractivity contribution in [3.63, 3.8) is 0 Å². The van der Waals surface area contributed by atoms with Crippen molar-refractivity contribution in [3.05, 3.63) is 66.1 Å². The number of carbonyl (C=O) groups is 1. The molecule has 2 aromatic carbocycles. The first-order chi connectivity index (χ1) is 15.0. The van der Waals surface area contributed by atoms with Crippen molar-refractivity contribution in [2.45, 2.75) is 13.0 Å². The van der Waals surface area contributed by atoms with Crippen LogP contribution in [0.15, 0.2) is 54.9 Å². The normalized spacial score (nSPS) is 11.5. The molecule has 0 saturated heterocycles. The third kappa shape index (κ3) is 5.70. The Labute approximate surface area is 181 Å². The second kappa shape index (κ2) is 10.4. The van der Waals surface area contributed by atoms with E-state index in [1.807, 2.05) is 43.3 Å². The van der Waals surface area contributed by atoms with Crippen LogP contribution in [0, 0.1) is 0 Å². The molecule has 0 unspecified atom stereocenters. The van der Waals surface area contributed by atoms with Crippen LogP contribution in [0.25, 0.3) is 11.3 Å². The van der Waals surface area contributed by atoms with Crippen LogP contribution in [0.5, 0.6) is 17.2 Å². The van der Waals surface area contributed by atoms with Gasteiger partial charge < -0.3 is 25.3 Å². The third-order valence-corrected chi connectivity index (χ3v) is 4.61. The van der Waals surface area contributed by atoms with E-state index < -0.39 is 6.04 Å². The van der Waals surface area contributed by atoms with E-state index in [2.05, 4.69) is 15.3 Å². The number of aromatic nitrogens is 2. The Hall–Kier alpha value is -3.65. The van der Waals surface area contributed by atoms with Gasteiger partial charge in [-0.2, -0.15) is 0 Å². The van der Waals surface area contributed by atoms with E-state index in [1.165, 1.54) is 6.20 Å². The molecule has 1 heterocycles. The highest BCUT2D eigenvalue weighted by Crippen LogP contribution is 2.25. The first-order valence-corrected chi connectivity index (χ1v) is 9.86. The summed E-state index contributed by atoms with van der Waals surface area (Å²) in [6, 6.07) is 12.4. The summed E-state index contributed by atoms with van der Waals surface area (Å²) in [5.74, 6) is 1.68. The SMILES string of the molecule is CCOc1ccc(-c2cncc(C(=O)NC[C@H](N)c3cc(OC)cc(OC)c3)n2)cc1. The summed E-state index contributed by atoms with van der Waals surface area (Å²) in [7, 11) is 3.14. The van der Waals surface area contributed by atoms with Crippen LogP contribution in [0.3, 0.4) is 0 Å². The van der Waals surface area contributed by atoms with Gasteiger partial charge in [0.1, 0.15) is 22.9 Å². The fourth-order valence-electron chi connectivity index (χ4n) is 2.96. The first kappa shape index (κ1) is 22.0. The molecule has 8 heteroatoms. The molecule has 1 atom stereocenters. The number of hydrogen-bond acceptors (Lipinski definition) is 7. The van der Waals surface area contributed by atoms with Crippen LogP contribution in [0.1, 0.15) is 29.0 Å². The summed E-state index contributed by atoms with van der Waals surface area (Å²) >= 11 is 0. The Morgan fingerprint density at radius 2 is 1.71 bits per heavy atom. The van der Waals surface area contributed by atoms with Gasteiger partial charge in [0, 0.05) is 24.2 Å². The molecular weight excluding hydrogens is 396 g/mol. The number of benzene rings is 2.